The molecule has 0 spiro atoms. The number of ether oxygens (including phenoxy) is 6. The van der Waals surface area contributed by atoms with Gasteiger partial charge in [0.2, 0.25) is 0 Å². The molecular formula is C39H48O12. The lowest BCUT2D eigenvalue weighted by Crippen LogP contribution is -2.27. The summed E-state index contributed by atoms with van der Waals surface area (Å²) >= 11 is 0. The van der Waals surface area contributed by atoms with E-state index >= 15 is 0 Å². The fourth-order valence-corrected chi connectivity index (χ4v) is 4.26. The molecule has 0 aromatic heterocycles. The molecule has 0 saturated heterocycles. The third kappa shape index (κ3) is 15.4. The van der Waals surface area contributed by atoms with Gasteiger partial charge in [-0.3, -0.25) is 28.8 Å². The Kier molecular flexibility index (Phi) is 15.3. The molecule has 0 fully saturated rings. The average Bonchev–Trinajstić information content (AvgIpc) is 3.01. The van der Waals surface area contributed by atoms with Gasteiger partial charge in [0, 0.05) is 0 Å². The molecule has 0 bridgehead atoms. The first-order valence-electron chi connectivity index (χ1n) is 16.3. The number of ketones is 2. The Labute approximate surface area is 299 Å². The third-order valence-electron chi connectivity index (χ3n) is 6.66. The van der Waals surface area contributed by atoms with Crippen LogP contribution in [0.4, 0.5) is 0 Å². The topological polar surface area (TPSA) is 158 Å². The van der Waals surface area contributed by atoms with E-state index in [-0.39, 0.29) is 35.8 Å². The van der Waals surface area contributed by atoms with Gasteiger partial charge in [-0.1, -0.05) is 38.1 Å². The molecule has 0 radical (unpaired) electrons. The summed E-state index contributed by atoms with van der Waals surface area (Å²) in [5.74, 6) is -3.98. The minimum atomic E-state index is -0.758. The standard InChI is InChI=1S/C39H48O12/c1-24(19-34(42)50-38(3,4)5)36(44)48-30-17-13-26(21-32(30)46-9)11-15-28(40)23-29(41)16-12-27-14-18-31(33(22-27)47-10)49-37(45)25(2)20-35(43)51-39(6,7)8/h11-18,21-22,24-25H,19-20,23H2,1-10H3/b15-11+,16-12+. The molecule has 2 aromatic carbocycles. The van der Waals surface area contributed by atoms with Crippen molar-refractivity contribution < 1.29 is 57.2 Å². The van der Waals surface area contributed by atoms with E-state index in [1.165, 1.54) is 50.7 Å². The molecule has 0 aliphatic carbocycles. The van der Waals surface area contributed by atoms with Gasteiger partial charge in [0.1, 0.15) is 11.2 Å². The highest BCUT2D eigenvalue weighted by molar-refractivity contribution is 6.11. The zero-order chi connectivity index (χ0) is 38.5. The molecule has 0 saturated carbocycles. The van der Waals surface area contributed by atoms with E-state index in [1.54, 1.807) is 79.7 Å². The fourth-order valence-electron chi connectivity index (χ4n) is 4.26. The van der Waals surface area contributed by atoms with Crippen molar-refractivity contribution >= 4 is 47.6 Å². The van der Waals surface area contributed by atoms with Gasteiger partial charge in [-0.2, -0.15) is 0 Å². The third-order valence-corrected chi connectivity index (χ3v) is 6.66. The summed E-state index contributed by atoms with van der Waals surface area (Å²) in [5, 5.41) is 0. The minimum Gasteiger partial charge on any atom is -0.493 e. The number of hydrogen-bond donors (Lipinski definition) is 0. The summed E-state index contributed by atoms with van der Waals surface area (Å²) in [7, 11) is 2.79. The van der Waals surface area contributed by atoms with Crippen molar-refractivity contribution in [3.63, 3.8) is 0 Å². The molecule has 2 atom stereocenters. The number of methoxy groups -OCH3 is 2. The molecular weight excluding hydrogens is 660 g/mol. The van der Waals surface area contributed by atoms with E-state index in [1.807, 2.05) is 0 Å². The molecule has 51 heavy (non-hydrogen) atoms. The number of benzene rings is 2. The normalized spacial score (nSPS) is 12.9. The Morgan fingerprint density at radius 1 is 0.588 bits per heavy atom. The molecule has 12 nitrogen and oxygen atoms in total. The van der Waals surface area contributed by atoms with Crippen LogP contribution in [0.3, 0.4) is 0 Å². The molecule has 0 heterocycles. The van der Waals surface area contributed by atoms with Crippen molar-refractivity contribution in [2.24, 2.45) is 11.8 Å². The molecule has 12 heteroatoms. The lowest BCUT2D eigenvalue weighted by atomic mass is 10.1. The number of carbonyl (C=O) groups is 6. The SMILES string of the molecule is COc1cc(/C=C/C(=O)CC(=O)/C=C/c2ccc(OC(=O)C(C)CC(=O)OC(C)(C)C)c(OC)c2)ccc1OC(=O)C(C)CC(=O)OC(C)(C)C. The molecule has 0 aliphatic rings. The van der Waals surface area contributed by atoms with Gasteiger partial charge in [-0.05, 0) is 89.1 Å². The lowest BCUT2D eigenvalue weighted by molar-refractivity contribution is -0.159. The highest BCUT2D eigenvalue weighted by Gasteiger charge is 2.26. The molecule has 2 unspecified atom stereocenters. The van der Waals surface area contributed by atoms with Crippen molar-refractivity contribution in [1.29, 1.82) is 0 Å². The number of rotatable bonds is 16. The van der Waals surface area contributed by atoms with Crippen LogP contribution in [0.15, 0.2) is 48.6 Å². The van der Waals surface area contributed by atoms with Crippen LogP contribution in [-0.2, 0) is 38.2 Å². The van der Waals surface area contributed by atoms with Crippen LogP contribution in [0.2, 0.25) is 0 Å². The van der Waals surface area contributed by atoms with Gasteiger partial charge in [-0.25, -0.2) is 0 Å². The van der Waals surface area contributed by atoms with E-state index in [4.69, 9.17) is 28.4 Å². The summed E-state index contributed by atoms with van der Waals surface area (Å²) in [5.41, 5.74) is -0.238. The highest BCUT2D eigenvalue weighted by Crippen LogP contribution is 2.31. The second-order valence-electron chi connectivity index (χ2n) is 13.8. The predicted molar refractivity (Wildman–Crippen MR) is 189 cm³/mol. The maximum absolute atomic E-state index is 12.6. The van der Waals surface area contributed by atoms with Gasteiger partial charge in [-0.15, -0.1) is 0 Å². The molecule has 0 amide bonds. The summed E-state index contributed by atoms with van der Waals surface area (Å²) in [6.07, 6.45) is 4.82. The van der Waals surface area contributed by atoms with Gasteiger partial charge in [0.15, 0.2) is 34.6 Å². The summed E-state index contributed by atoms with van der Waals surface area (Å²) < 4.78 is 32.1. The fraction of sp³-hybridized carbons (Fsp3) is 0.436. The van der Waals surface area contributed by atoms with Crippen molar-refractivity contribution in [2.45, 2.75) is 85.9 Å². The van der Waals surface area contributed by atoms with Crippen molar-refractivity contribution in [3.8, 4) is 23.0 Å². The summed E-state index contributed by atoms with van der Waals surface area (Å²) in [6.45, 7) is 13.5. The Hall–Kier alpha value is -5.26. The number of carbonyl (C=O) groups excluding carboxylic acids is 6. The van der Waals surface area contributed by atoms with Crippen molar-refractivity contribution in [1.82, 2.24) is 0 Å². The Morgan fingerprint density at radius 3 is 1.25 bits per heavy atom. The van der Waals surface area contributed by atoms with Crippen LogP contribution in [0, 0.1) is 11.8 Å². The highest BCUT2D eigenvalue weighted by atomic mass is 16.6. The zero-order valence-corrected chi connectivity index (χ0v) is 30.9. The van der Waals surface area contributed by atoms with Crippen LogP contribution in [0.25, 0.3) is 12.2 Å². The van der Waals surface area contributed by atoms with Crippen LogP contribution in [0.5, 0.6) is 23.0 Å². The summed E-state index contributed by atoms with van der Waals surface area (Å²) in [6, 6.07) is 9.32. The largest absolute Gasteiger partial charge is 0.493 e. The maximum atomic E-state index is 12.6. The Morgan fingerprint density at radius 2 is 0.941 bits per heavy atom. The van der Waals surface area contributed by atoms with Gasteiger partial charge in [0.25, 0.3) is 0 Å². The predicted octanol–water partition coefficient (Wildman–Crippen LogP) is 6.51. The smallest absolute Gasteiger partial charge is 0.314 e. The van der Waals surface area contributed by atoms with Gasteiger partial charge in [0.05, 0.1) is 45.3 Å². The van der Waals surface area contributed by atoms with Crippen LogP contribution in [0.1, 0.15) is 85.8 Å². The van der Waals surface area contributed by atoms with Gasteiger partial charge < -0.3 is 28.4 Å². The lowest BCUT2D eigenvalue weighted by Gasteiger charge is -2.20. The Bertz CT molecular complexity index is 1530. The molecule has 276 valence electrons. The Balaban J connectivity index is 1.97. The van der Waals surface area contributed by atoms with Crippen LogP contribution < -0.4 is 18.9 Å². The monoisotopic (exact) mass is 708 g/mol. The molecule has 2 rings (SSSR count). The maximum Gasteiger partial charge on any atom is 0.314 e. The zero-order valence-electron chi connectivity index (χ0n) is 30.9. The second kappa shape index (κ2) is 18.7. The first-order chi connectivity index (χ1) is 23.7. The second-order valence-corrected chi connectivity index (χ2v) is 13.8. The number of hydrogen-bond acceptors (Lipinski definition) is 12. The van der Waals surface area contributed by atoms with Crippen molar-refractivity contribution in [3.05, 3.63) is 59.7 Å². The number of allylic oxidation sites excluding steroid dienone is 2. The van der Waals surface area contributed by atoms with Crippen molar-refractivity contribution in [2.75, 3.05) is 14.2 Å². The minimum absolute atomic E-state index is 0.137. The number of esters is 4. The van der Waals surface area contributed by atoms with Crippen LogP contribution >= 0.6 is 0 Å². The summed E-state index contributed by atoms with van der Waals surface area (Å²) in [4.78, 5) is 74.3. The van der Waals surface area contributed by atoms with E-state index in [0.29, 0.717) is 11.1 Å². The van der Waals surface area contributed by atoms with E-state index < -0.39 is 64.9 Å². The van der Waals surface area contributed by atoms with E-state index in [0.717, 1.165) is 0 Å². The first-order valence-corrected chi connectivity index (χ1v) is 16.3. The molecule has 0 N–H and O–H groups in total. The molecule has 0 aliphatic heterocycles. The average molecular weight is 709 g/mol. The van der Waals surface area contributed by atoms with Gasteiger partial charge >= 0.3 is 23.9 Å². The quantitative estimate of drug-likeness (QED) is 0.0808. The van der Waals surface area contributed by atoms with Crippen LogP contribution in [-0.4, -0.2) is 60.9 Å². The first kappa shape index (κ1) is 41.9. The van der Waals surface area contributed by atoms with E-state index in [2.05, 4.69) is 0 Å². The van der Waals surface area contributed by atoms with E-state index in [9.17, 15) is 28.8 Å². The molecule has 2 aromatic rings.